The fourth-order valence-corrected chi connectivity index (χ4v) is 3.00. The molecule has 0 aliphatic carbocycles. The average molecular weight is 466 g/mol. The standard InChI is InChI=1S/C20H11F5N4O4/c21-11-2-1-5-26-16(11)15(9-3-4-13(12(22)6-9)33-20(23,24)25)28-18(30)10-7-14-17(27-8-10)29-19(31)32-14/h1-8,15H,(H,28,30)(H,27,29,31)/t15-/m0/s1. The summed E-state index contributed by atoms with van der Waals surface area (Å²) in [6, 6.07) is 4.50. The molecular formula is C20H11F5N4O4. The van der Waals surface area contributed by atoms with Crippen LogP contribution in [0.15, 0.2) is 58.0 Å². The van der Waals surface area contributed by atoms with Crippen LogP contribution in [0.25, 0.3) is 11.2 Å². The highest BCUT2D eigenvalue weighted by atomic mass is 19.4. The smallest absolute Gasteiger partial charge is 0.406 e. The van der Waals surface area contributed by atoms with Crippen LogP contribution >= 0.6 is 0 Å². The zero-order chi connectivity index (χ0) is 23.8. The molecule has 0 aliphatic heterocycles. The Morgan fingerprint density at radius 3 is 2.61 bits per heavy atom. The number of amides is 1. The first-order chi connectivity index (χ1) is 15.6. The molecule has 0 unspecified atom stereocenters. The molecule has 33 heavy (non-hydrogen) atoms. The van der Waals surface area contributed by atoms with Gasteiger partial charge >= 0.3 is 12.1 Å². The van der Waals surface area contributed by atoms with Gasteiger partial charge in [-0.05, 0) is 35.9 Å². The van der Waals surface area contributed by atoms with E-state index in [0.29, 0.717) is 12.1 Å². The second-order valence-electron chi connectivity index (χ2n) is 6.60. The number of carbonyl (C=O) groups excluding carboxylic acids is 1. The number of hydrogen-bond donors (Lipinski definition) is 2. The third-order valence-electron chi connectivity index (χ3n) is 4.39. The summed E-state index contributed by atoms with van der Waals surface area (Å²) in [4.78, 5) is 34.1. The highest BCUT2D eigenvalue weighted by Gasteiger charge is 2.33. The second kappa shape index (κ2) is 8.33. The molecule has 1 atom stereocenters. The van der Waals surface area contributed by atoms with Gasteiger partial charge in [0.25, 0.3) is 5.91 Å². The van der Waals surface area contributed by atoms with Crippen molar-refractivity contribution in [1.29, 1.82) is 0 Å². The van der Waals surface area contributed by atoms with Crippen molar-refractivity contribution < 1.29 is 35.9 Å². The monoisotopic (exact) mass is 466 g/mol. The van der Waals surface area contributed by atoms with E-state index in [1.54, 1.807) is 0 Å². The summed E-state index contributed by atoms with van der Waals surface area (Å²) in [6.45, 7) is 0. The number of nitrogens with zero attached hydrogens (tertiary/aromatic N) is 2. The van der Waals surface area contributed by atoms with Crippen LogP contribution in [0.5, 0.6) is 5.75 Å². The van der Waals surface area contributed by atoms with Crippen molar-refractivity contribution in [3.05, 3.63) is 87.8 Å². The van der Waals surface area contributed by atoms with Gasteiger partial charge < -0.3 is 14.5 Å². The van der Waals surface area contributed by atoms with Crippen molar-refractivity contribution in [2.24, 2.45) is 0 Å². The molecule has 0 saturated heterocycles. The van der Waals surface area contributed by atoms with Crippen LogP contribution in [-0.2, 0) is 0 Å². The van der Waals surface area contributed by atoms with Gasteiger partial charge in [0, 0.05) is 12.4 Å². The Morgan fingerprint density at radius 1 is 1.12 bits per heavy atom. The first-order valence-electron chi connectivity index (χ1n) is 9.06. The maximum absolute atomic E-state index is 14.4. The minimum absolute atomic E-state index is 0.0205. The molecule has 3 aromatic heterocycles. The van der Waals surface area contributed by atoms with Crippen LogP contribution < -0.4 is 15.8 Å². The predicted octanol–water partition coefficient (Wildman–Crippen LogP) is 3.61. The second-order valence-corrected chi connectivity index (χ2v) is 6.60. The van der Waals surface area contributed by atoms with Crippen LogP contribution in [0.4, 0.5) is 22.0 Å². The molecular weight excluding hydrogens is 455 g/mol. The van der Waals surface area contributed by atoms with Crippen molar-refractivity contribution >= 4 is 17.1 Å². The summed E-state index contributed by atoms with van der Waals surface area (Å²) in [5.74, 6) is -4.98. The van der Waals surface area contributed by atoms with E-state index < -0.39 is 41.5 Å². The first-order valence-corrected chi connectivity index (χ1v) is 9.06. The molecule has 1 amide bonds. The number of pyridine rings is 2. The van der Waals surface area contributed by atoms with Gasteiger partial charge in [-0.15, -0.1) is 13.2 Å². The number of oxazole rings is 1. The van der Waals surface area contributed by atoms with E-state index in [-0.39, 0.29) is 28.1 Å². The number of nitrogens with one attached hydrogen (secondary N) is 2. The third-order valence-corrected chi connectivity index (χ3v) is 4.39. The molecule has 0 radical (unpaired) electrons. The molecule has 0 spiro atoms. The third kappa shape index (κ3) is 4.81. The Labute approximate surface area is 180 Å². The van der Waals surface area contributed by atoms with Crippen LogP contribution in [0.1, 0.15) is 27.7 Å². The summed E-state index contributed by atoms with van der Waals surface area (Å²) in [5, 5.41) is 2.43. The Morgan fingerprint density at radius 2 is 1.91 bits per heavy atom. The van der Waals surface area contributed by atoms with Gasteiger partial charge in [-0.2, -0.15) is 0 Å². The normalized spacial score (nSPS) is 12.5. The van der Waals surface area contributed by atoms with Crippen LogP contribution in [0.3, 0.4) is 0 Å². The lowest BCUT2D eigenvalue weighted by Gasteiger charge is -2.20. The lowest BCUT2D eigenvalue weighted by atomic mass is 10.0. The van der Waals surface area contributed by atoms with Crippen LogP contribution in [0, 0.1) is 11.6 Å². The van der Waals surface area contributed by atoms with E-state index in [9.17, 15) is 31.5 Å². The summed E-state index contributed by atoms with van der Waals surface area (Å²) in [7, 11) is 0. The van der Waals surface area contributed by atoms with Crippen molar-refractivity contribution in [3.8, 4) is 5.75 Å². The lowest BCUT2D eigenvalue weighted by Crippen LogP contribution is -2.31. The SMILES string of the molecule is O=C(N[C@@H](c1ccc(OC(F)(F)F)c(F)c1)c1ncccc1F)c1cnc2[nH]c(=O)oc2c1. The minimum Gasteiger partial charge on any atom is -0.406 e. The molecule has 170 valence electrons. The Kier molecular flexibility index (Phi) is 5.54. The Balaban J connectivity index is 1.71. The topological polar surface area (TPSA) is 110 Å². The van der Waals surface area contributed by atoms with E-state index in [1.807, 2.05) is 0 Å². The zero-order valence-electron chi connectivity index (χ0n) is 16.1. The van der Waals surface area contributed by atoms with Crippen molar-refractivity contribution in [1.82, 2.24) is 20.3 Å². The maximum Gasteiger partial charge on any atom is 0.573 e. The number of aromatic nitrogens is 3. The fourth-order valence-electron chi connectivity index (χ4n) is 3.00. The summed E-state index contributed by atoms with van der Waals surface area (Å²) >= 11 is 0. The Hall–Kier alpha value is -4.29. The molecule has 1 aromatic carbocycles. The average Bonchev–Trinajstić information content (AvgIpc) is 3.12. The van der Waals surface area contributed by atoms with Gasteiger partial charge in [0.05, 0.1) is 11.6 Å². The number of alkyl halides is 3. The number of benzene rings is 1. The number of fused-ring (bicyclic) bond motifs is 1. The van der Waals surface area contributed by atoms with E-state index in [0.717, 1.165) is 18.3 Å². The number of aromatic amines is 1. The molecule has 0 saturated carbocycles. The molecule has 13 heteroatoms. The minimum atomic E-state index is -5.12. The van der Waals surface area contributed by atoms with E-state index in [2.05, 4.69) is 25.0 Å². The largest absolute Gasteiger partial charge is 0.573 e. The highest BCUT2D eigenvalue weighted by molar-refractivity contribution is 5.96. The molecule has 0 bridgehead atoms. The quantitative estimate of drug-likeness (QED) is 0.435. The molecule has 0 aliphatic rings. The molecule has 4 aromatic rings. The van der Waals surface area contributed by atoms with Crippen LogP contribution in [-0.4, -0.2) is 27.2 Å². The summed E-state index contributed by atoms with van der Waals surface area (Å²) < 4.78 is 74.5. The van der Waals surface area contributed by atoms with Gasteiger partial charge in [-0.1, -0.05) is 6.07 Å². The van der Waals surface area contributed by atoms with Crippen molar-refractivity contribution in [2.75, 3.05) is 0 Å². The fraction of sp³-hybridized carbons (Fsp3) is 0.100. The number of carbonyl (C=O) groups is 1. The highest BCUT2D eigenvalue weighted by Crippen LogP contribution is 2.30. The number of hydrogen-bond acceptors (Lipinski definition) is 6. The summed E-state index contributed by atoms with van der Waals surface area (Å²) in [5.41, 5.74) is -0.463. The molecule has 2 N–H and O–H groups in total. The summed E-state index contributed by atoms with van der Waals surface area (Å²) in [6.07, 6.45) is -2.80. The Bertz CT molecular complexity index is 1400. The van der Waals surface area contributed by atoms with Crippen molar-refractivity contribution in [3.63, 3.8) is 0 Å². The van der Waals surface area contributed by atoms with Gasteiger partial charge in [-0.3, -0.25) is 14.8 Å². The van der Waals surface area contributed by atoms with Gasteiger partial charge in [-0.25, -0.2) is 18.6 Å². The van der Waals surface area contributed by atoms with E-state index in [4.69, 9.17) is 4.42 Å². The number of ether oxygens (including phenoxy) is 1. The lowest BCUT2D eigenvalue weighted by molar-refractivity contribution is -0.275. The number of rotatable bonds is 5. The molecule has 3 heterocycles. The number of H-pyrrole nitrogens is 1. The molecule has 8 nitrogen and oxygen atoms in total. The van der Waals surface area contributed by atoms with E-state index >= 15 is 0 Å². The predicted molar refractivity (Wildman–Crippen MR) is 101 cm³/mol. The van der Waals surface area contributed by atoms with Crippen LogP contribution in [0.2, 0.25) is 0 Å². The van der Waals surface area contributed by atoms with Gasteiger partial charge in [0.1, 0.15) is 11.5 Å². The zero-order valence-corrected chi connectivity index (χ0v) is 16.1. The van der Waals surface area contributed by atoms with Gasteiger partial charge in [0.2, 0.25) is 0 Å². The van der Waals surface area contributed by atoms with E-state index in [1.165, 1.54) is 18.3 Å². The molecule has 4 rings (SSSR count). The number of halogens is 5. The first kappa shape index (κ1) is 21.9. The van der Waals surface area contributed by atoms with Crippen molar-refractivity contribution in [2.45, 2.75) is 12.4 Å². The molecule has 0 fully saturated rings. The maximum atomic E-state index is 14.4. The van der Waals surface area contributed by atoms with Gasteiger partial charge in [0.15, 0.2) is 22.8 Å².